The zero-order chi connectivity index (χ0) is 8.50. The first-order valence-corrected chi connectivity index (χ1v) is 2.50. The van der Waals surface area contributed by atoms with E-state index in [1.807, 2.05) is 0 Å². The van der Waals surface area contributed by atoms with Crippen LogP contribution < -0.4 is 0 Å². The Labute approximate surface area is 50.0 Å². The number of hydrogen-bond acceptors (Lipinski definition) is 6. The predicted octanol–water partition coefficient (Wildman–Crippen LogP) is 0.0103. The van der Waals surface area contributed by atoms with Crippen molar-refractivity contribution in [2.45, 2.75) is 0 Å². The van der Waals surface area contributed by atoms with E-state index in [9.17, 15) is 0 Å². The molecule has 0 bridgehead atoms. The highest BCUT2D eigenvalue weighted by atomic mass is 32.3. The van der Waals surface area contributed by atoms with Gasteiger partial charge in [0.15, 0.2) is 0 Å². The Bertz CT molecular complexity index is 114. The third-order valence-corrected chi connectivity index (χ3v) is 0. The lowest BCUT2D eigenvalue weighted by Crippen LogP contribution is -1.89. The Morgan fingerprint density at radius 2 is 0.889 bits per heavy atom. The van der Waals surface area contributed by atoms with E-state index in [-0.39, 0.29) is 0 Å². The van der Waals surface area contributed by atoms with Gasteiger partial charge in [0.2, 0.25) is 0 Å². The minimum Gasteiger partial charge on any atom is -0.264 e. The van der Waals surface area contributed by atoms with E-state index in [4.69, 9.17) is 27.3 Å². The van der Waals surface area contributed by atoms with Crippen LogP contribution in [0, 0.1) is 21.0 Å². The number of nitrogens with one attached hydrogen (secondary N) is 2. The highest BCUT2D eigenvalue weighted by Gasteiger charge is 1.84. The van der Waals surface area contributed by atoms with Crippen molar-refractivity contribution in [1.82, 2.24) is 0 Å². The molecule has 0 radical (unpaired) electrons. The van der Waals surface area contributed by atoms with Crippen molar-refractivity contribution in [3.63, 3.8) is 0 Å². The van der Waals surface area contributed by atoms with E-state index >= 15 is 0 Å². The third kappa shape index (κ3) is 210. The molecule has 0 aromatic carbocycles. The molecule has 0 amide bonds. The Morgan fingerprint density at radius 1 is 0.889 bits per heavy atom. The molecule has 0 saturated heterocycles. The zero-order valence-electron chi connectivity index (χ0n) is 3.94. The fourth-order valence-corrected chi connectivity index (χ4v) is 0. The maximum atomic E-state index is 8.74. The molecule has 0 aliphatic carbocycles. The van der Waals surface area contributed by atoms with Crippen LogP contribution in [-0.2, 0) is 10.4 Å². The summed E-state index contributed by atoms with van der Waals surface area (Å²) in [5, 5.41) is 0. The van der Waals surface area contributed by atoms with E-state index < -0.39 is 10.4 Å². The molecule has 0 atom stereocenters. The molecule has 9 heavy (non-hydrogen) atoms. The lowest BCUT2D eigenvalue weighted by atomic mass is 13.8. The van der Waals surface area contributed by atoms with Crippen LogP contribution in [0.4, 0.5) is 0 Å². The Kier molecular flexibility index (Phi) is 17.7. The average Bonchev–Trinajstić information content (AvgIpc) is 1.72. The highest BCUT2D eigenvalue weighted by Crippen LogP contribution is 1.59. The second-order valence-electron chi connectivity index (χ2n) is 0.448. The standard InChI is InChI=1S/2HNO.H2O4S/c2*1-2;1-5(2,3)4/h2*1H;(H2,1,2,3,4). The molecule has 0 fully saturated rings. The van der Waals surface area contributed by atoms with Gasteiger partial charge >= 0.3 is 10.4 Å². The van der Waals surface area contributed by atoms with Crippen molar-refractivity contribution in [3.8, 4) is 0 Å². The Morgan fingerprint density at radius 3 is 0.889 bits per heavy atom. The first kappa shape index (κ1) is 15.7. The van der Waals surface area contributed by atoms with Crippen LogP contribution in [0.15, 0.2) is 0 Å². The molecule has 9 heteroatoms. The van der Waals surface area contributed by atoms with E-state index in [1.165, 1.54) is 0 Å². The molecular formula is H4N2O6S. The average molecular weight is 160 g/mol. The molecule has 0 aliphatic heterocycles. The summed E-state index contributed by atoms with van der Waals surface area (Å²) < 4.78 is 31.6. The largest absolute Gasteiger partial charge is 0.394 e. The lowest BCUT2D eigenvalue weighted by molar-refractivity contribution is 0.381. The molecule has 4 N–H and O–H groups in total. The van der Waals surface area contributed by atoms with Gasteiger partial charge in [0.1, 0.15) is 0 Å². The van der Waals surface area contributed by atoms with Gasteiger partial charge in [0.25, 0.3) is 0 Å². The monoisotopic (exact) mass is 160 g/mol. The van der Waals surface area contributed by atoms with Gasteiger partial charge in [-0.3, -0.25) is 9.11 Å². The summed E-state index contributed by atoms with van der Waals surface area (Å²) in [4.78, 5) is 15.0. The van der Waals surface area contributed by atoms with E-state index in [0.717, 1.165) is 0 Å². The first-order chi connectivity index (χ1) is 4.00. The third-order valence-electron chi connectivity index (χ3n) is 0. The van der Waals surface area contributed by atoms with Gasteiger partial charge in [0, 0.05) is 0 Å². The van der Waals surface area contributed by atoms with Crippen molar-refractivity contribution < 1.29 is 17.5 Å². The maximum Gasteiger partial charge on any atom is 0.394 e. The molecule has 0 rings (SSSR count). The van der Waals surface area contributed by atoms with Crippen LogP contribution >= 0.6 is 0 Å². The van der Waals surface area contributed by atoms with Gasteiger partial charge in [0.05, 0.1) is 0 Å². The molecule has 0 aliphatic rings. The van der Waals surface area contributed by atoms with Crippen LogP contribution in [0.25, 0.3) is 0 Å². The molecule has 0 unspecified atom stereocenters. The summed E-state index contributed by atoms with van der Waals surface area (Å²) >= 11 is 0. The molecule has 0 saturated carbocycles. The van der Waals surface area contributed by atoms with Crippen LogP contribution in [0.1, 0.15) is 0 Å². The molecule has 0 aromatic heterocycles. The summed E-state index contributed by atoms with van der Waals surface area (Å²) in [6.07, 6.45) is 0. The summed E-state index contributed by atoms with van der Waals surface area (Å²) in [5.74, 6) is 0. The van der Waals surface area contributed by atoms with Crippen molar-refractivity contribution >= 4 is 10.4 Å². The van der Waals surface area contributed by atoms with Crippen molar-refractivity contribution in [2.24, 2.45) is 0 Å². The number of rotatable bonds is 0. The number of hydrogen-bond donors (Lipinski definition) is 4. The molecule has 0 heterocycles. The molecule has 0 aromatic rings. The predicted molar refractivity (Wildman–Crippen MR) is 26.4 cm³/mol. The molecular weight excluding hydrogens is 156 g/mol. The van der Waals surface area contributed by atoms with Gasteiger partial charge in [-0.2, -0.15) is 18.2 Å². The molecule has 56 valence electrons. The summed E-state index contributed by atoms with van der Waals surface area (Å²) in [5.41, 5.74) is 9.00. The van der Waals surface area contributed by atoms with Gasteiger partial charge in [-0.1, -0.05) is 11.2 Å². The van der Waals surface area contributed by atoms with Crippen molar-refractivity contribution in [3.05, 3.63) is 9.81 Å². The summed E-state index contributed by atoms with van der Waals surface area (Å²) in [6, 6.07) is 0. The van der Waals surface area contributed by atoms with Crippen molar-refractivity contribution in [2.75, 3.05) is 0 Å². The van der Waals surface area contributed by atoms with Gasteiger partial charge in [-0.15, -0.1) is 0 Å². The molecule has 8 nitrogen and oxygen atoms in total. The van der Waals surface area contributed by atoms with E-state index in [1.54, 1.807) is 0 Å². The van der Waals surface area contributed by atoms with Gasteiger partial charge in [-0.25, -0.2) is 0 Å². The second-order valence-corrected chi connectivity index (χ2v) is 1.34. The lowest BCUT2D eigenvalue weighted by Gasteiger charge is -1.68. The van der Waals surface area contributed by atoms with Crippen LogP contribution in [-0.4, -0.2) is 17.5 Å². The van der Waals surface area contributed by atoms with Gasteiger partial charge < -0.3 is 0 Å². The van der Waals surface area contributed by atoms with Gasteiger partial charge in [-0.05, 0) is 0 Å². The fraction of sp³-hybridized carbons (Fsp3) is 0. The van der Waals surface area contributed by atoms with Crippen molar-refractivity contribution in [1.29, 1.82) is 11.2 Å². The minimum absolute atomic E-state index is 4.50. The normalized spacial score (nSPS) is 7.33. The first-order valence-electron chi connectivity index (χ1n) is 1.11. The second kappa shape index (κ2) is 10.1. The highest BCUT2D eigenvalue weighted by molar-refractivity contribution is 7.79. The maximum absolute atomic E-state index is 8.74. The number of nitroso groups, excluding NO2 is 2. The molecule has 0 spiro atoms. The fourth-order valence-electron chi connectivity index (χ4n) is 0. The van der Waals surface area contributed by atoms with E-state index in [2.05, 4.69) is 11.2 Å². The topological polar surface area (TPSA) is 156 Å². The van der Waals surface area contributed by atoms with Crippen LogP contribution in [0.5, 0.6) is 0 Å². The zero-order valence-corrected chi connectivity index (χ0v) is 4.75. The van der Waals surface area contributed by atoms with Crippen LogP contribution in [0.2, 0.25) is 0 Å². The smallest absolute Gasteiger partial charge is 0.264 e. The van der Waals surface area contributed by atoms with Crippen LogP contribution in [0.3, 0.4) is 0 Å². The summed E-state index contributed by atoms with van der Waals surface area (Å²) in [7, 11) is -4.67. The summed E-state index contributed by atoms with van der Waals surface area (Å²) in [6.45, 7) is 0. The minimum atomic E-state index is -4.67. The Hall–Kier alpha value is -0.930. The Balaban J connectivity index is -0.0000000771. The quantitative estimate of drug-likeness (QED) is 0.288. The SMILES string of the molecule is N=O.N=O.O=S(=O)(O)O. The van der Waals surface area contributed by atoms with E-state index in [0.29, 0.717) is 0 Å².